The van der Waals surface area contributed by atoms with E-state index in [1.165, 1.54) is 12.3 Å². The normalized spacial score (nSPS) is 27.8. The molecule has 0 saturated carbocycles. The molecule has 2 N–H and O–H groups in total. The van der Waals surface area contributed by atoms with E-state index in [1.54, 1.807) is 0 Å². The van der Waals surface area contributed by atoms with Gasteiger partial charge in [0.1, 0.15) is 18.3 Å². The Morgan fingerprint density at radius 3 is 2.71 bits per heavy atom. The van der Waals surface area contributed by atoms with E-state index < -0.39 is 18.3 Å². The molecule has 1 aliphatic rings. The summed E-state index contributed by atoms with van der Waals surface area (Å²) < 4.78 is 10.6. The molecule has 3 atom stereocenters. The number of hydrogen-bond donors (Lipinski definition) is 2. The number of hydrogen-bond acceptors (Lipinski definition) is 4. The van der Waals surface area contributed by atoms with Crippen LogP contribution in [0.15, 0.2) is 42.7 Å². The van der Waals surface area contributed by atoms with Crippen molar-refractivity contribution < 1.29 is 19.7 Å². The second-order valence-electron chi connectivity index (χ2n) is 3.98. The van der Waals surface area contributed by atoms with Gasteiger partial charge in [0, 0.05) is 0 Å². The first-order valence-electron chi connectivity index (χ1n) is 5.57. The number of rotatable bonds is 4. The smallest absolute Gasteiger partial charge is 0.150 e. The van der Waals surface area contributed by atoms with Crippen molar-refractivity contribution in [3.05, 3.63) is 48.2 Å². The zero-order chi connectivity index (χ0) is 12.1. The molecule has 92 valence electrons. The Labute approximate surface area is 100 Å². The molecule has 1 aromatic carbocycles. The standard InChI is InChI=1S/C13H16O4/c14-11-6-7-17-12(13(11)15)9-16-8-10-4-2-1-3-5-10/h1-7,11-15H,8-9H2. The van der Waals surface area contributed by atoms with Crippen LogP contribution in [0.25, 0.3) is 0 Å². The topological polar surface area (TPSA) is 58.9 Å². The lowest BCUT2D eigenvalue weighted by Crippen LogP contribution is -2.42. The van der Waals surface area contributed by atoms with Crippen molar-refractivity contribution >= 4 is 0 Å². The fourth-order valence-electron chi connectivity index (χ4n) is 1.65. The number of aliphatic hydroxyl groups excluding tert-OH is 2. The zero-order valence-electron chi connectivity index (χ0n) is 9.40. The lowest BCUT2D eigenvalue weighted by Gasteiger charge is -2.28. The summed E-state index contributed by atoms with van der Waals surface area (Å²) in [6.07, 6.45) is 0.482. The van der Waals surface area contributed by atoms with E-state index in [-0.39, 0.29) is 6.61 Å². The molecule has 1 aromatic rings. The molecule has 4 nitrogen and oxygen atoms in total. The highest BCUT2D eigenvalue weighted by molar-refractivity contribution is 5.13. The van der Waals surface area contributed by atoms with E-state index in [0.717, 1.165) is 5.56 Å². The molecule has 2 rings (SSSR count). The van der Waals surface area contributed by atoms with Gasteiger partial charge >= 0.3 is 0 Å². The maximum Gasteiger partial charge on any atom is 0.150 e. The molecule has 3 unspecified atom stereocenters. The molecule has 1 aliphatic heterocycles. The average Bonchev–Trinajstić information content (AvgIpc) is 2.36. The summed E-state index contributed by atoms with van der Waals surface area (Å²) in [5.41, 5.74) is 1.06. The largest absolute Gasteiger partial charge is 0.493 e. The predicted molar refractivity (Wildman–Crippen MR) is 62.1 cm³/mol. The van der Waals surface area contributed by atoms with E-state index in [9.17, 15) is 10.2 Å². The van der Waals surface area contributed by atoms with Crippen molar-refractivity contribution in [1.82, 2.24) is 0 Å². The van der Waals surface area contributed by atoms with Gasteiger partial charge in [-0.3, -0.25) is 0 Å². The van der Waals surface area contributed by atoms with Gasteiger partial charge in [-0.1, -0.05) is 30.3 Å². The van der Waals surface area contributed by atoms with Crippen LogP contribution < -0.4 is 0 Å². The second-order valence-corrected chi connectivity index (χ2v) is 3.98. The number of ether oxygens (including phenoxy) is 2. The first kappa shape index (κ1) is 12.1. The first-order chi connectivity index (χ1) is 8.27. The van der Waals surface area contributed by atoms with Crippen LogP contribution in [0.5, 0.6) is 0 Å². The predicted octanol–water partition coefficient (Wildman–Crippen LogP) is 0.837. The first-order valence-corrected chi connectivity index (χ1v) is 5.57. The minimum absolute atomic E-state index is 0.247. The molecular formula is C13H16O4. The van der Waals surface area contributed by atoms with E-state index in [4.69, 9.17) is 9.47 Å². The summed E-state index contributed by atoms with van der Waals surface area (Å²) in [7, 11) is 0. The zero-order valence-corrected chi connectivity index (χ0v) is 9.40. The van der Waals surface area contributed by atoms with Crippen LogP contribution in [0, 0.1) is 0 Å². The summed E-state index contributed by atoms with van der Waals surface area (Å²) >= 11 is 0. The van der Waals surface area contributed by atoms with Crippen molar-refractivity contribution in [2.24, 2.45) is 0 Å². The van der Waals surface area contributed by atoms with E-state index in [2.05, 4.69) is 0 Å². The Morgan fingerprint density at radius 2 is 1.94 bits per heavy atom. The summed E-state index contributed by atoms with van der Waals surface area (Å²) in [6, 6.07) is 9.76. The van der Waals surface area contributed by atoms with Crippen molar-refractivity contribution in [1.29, 1.82) is 0 Å². The van der Waals surface area contributed by atoms with Gasteiger partial charge in [0.25, 0.3) is 0 Å². The Morgan fingerprint density at radius 1 is 1.18 bits per heavy atom. The highest BCUT2D eigenvalue weighted by Gasteiger charge is 2.28. The van der Waals surface area contributed by atoms with Gasteiger partial charge in [-0.2, -0.15) is 0 Å². The molecule has 1 heterocycles. The van der Waals surface area contributed by atoms with Crippen LogP contribution in [-0.2, 0) is 16.1 Å². The second kappa shape index (κ2) is 5.82. The maximum absolute atomic E-state index is 9.63. The van der Waals surface area contributed by atoms with Gasteiger partial charge in [0.15, 0.2) is 0 Å². The summed E-state index contributed by atoms with van der Waals surface area (Å²) in [5.74, 6) is 0. The monoisotopic (exact) mass is 236 g/mol. The quantitative estimate of drug-likeness (QED) is 0.813. The van der Waals surface area contributed by atoms with Crippen LogP contribution >= 0.6 is 0 Å². The van der Waals surface area contributed by atoms with Crippen LogP contribution in [0.2, 0.25) is 0 Å². The van der Waals surface area contributed by atoms with Crippen LogP contribution in [0.1, 0.15) is 5.56 Å². The van der Waals surface area contributed by atoms with Crippen LogP contribution in [-0.4, -0.2) is 35.1 Å². The maximum atomic E-state index is 9.63. The Hall–Kier alpha value is -1.36. The van der Waals surface area contributed by atoms with E-state index in [1.807, 2.05) is 30.3 Å². The summed E-state index contributed by atoms with van der Waals surface area (Å²) in [4.78, 5) is 0. The van der Waals surface area contributed by atoms with Crippen LogP contribution in [0.4, 0.5) is 0 Å². The van der Waals surface area contributed by atoms with Gasteiger partial charge in [0.2, 0.25) is 0 Å². The molecule has 0 fully saturated rings. The molecule has 0 bridgehead atoms. The lowest BCUT2D eigenvalue weighted by molar-refractivity contribution is -0.0952. The molecule has 17 heavy (non-hydrogen) atoms. The Kier molecular flexibility index (Phi) is 4.14. The van der Waals surface area contributed by atoms with Gasteiger partial charge in [0.05, 0.1) is 19.5 Å². The van der Waals surface area contributed by atoms with E-state index in [0.29, 0.717) is 6.61 Å². The molecule has 4 heteroatoms. The third-order valence-corrected chi connectivity index (χ3v) is 2.65. The molecule has 0 saturated heterocycles. The molecule has 0 radical (unpaired) electrons. The molecular weight excluding hydrogens is 220 g/mol. The van der Waals surface area contributed by atoms with Crippen LogP contribution in [0.3, 0.4) is 0 Å². The van der Waals surface area contributed by atoms with Crippen molar-refractivity contribution in [2.75, 3.05) is 6.61 Å². The van der Waals surface area contributed by atoms with Crippen molar-refractivity contribution in [2.45, 2.75) is 24.9 Å². The SMILES string of the molecule is OC1C=COC(COCc2ccccc2)C1O. The third kappa shape index (κ3) is 3.30. The molecule has 0 aromatic heterocycles. The minimum atomic E-state index is -0.934. The Bertz CT molecular complexity index is 363. The molecule has 0 spiro atoms. The Balaban J connectivity index is 1.77. The number of aliphatic hydroxyl groups is 2. The van der Waals surface area contributed by atoms with Gasteiger partial charge in [-0.05, 0) is 11.6 Å². The van der Waals surface area contributed by atoms with Gasteiger partial charge < -0.3 is 19.7 Å². The molecule has 0 aliphatic carbocycles. The minimum Gasteiger partial charge on any atom is -0.493 e. The van der Waals surface area contributed by atoms with Crippen molar-refractivity contribution in [3.8, 4) is 0 Å². The van der Waals surface area contributed by atoms with Gasteiger partial charge in [-0.25, -0.2) is 0 Å². The lowest BCUT2D eigenvalue weighted by atomic mass is 10.1. The van der Waals surface area contributed by atoms with Gasteiger partial charge in [-0.15, -0.1) is 0 Å². The average molecular weight is 236 g/mol. The number of benzene rings is 1. The highest BCUT2D eigenvalue weighted by Crippen LogP contribution is 2.13. The fraction of sp³-hybridized carbons (Fsp3) is 0.385. The summed E-state index contributed by atoms with van der Waals surface area (Å²) in [5, 5.41) is 19.0. The fourth-order valence-corrected chi connectivity index (χ4v) is 1.65. The third-order valence-electron chi connectivity index (χ3n) is 2.65. The molecule has 0 amide bonds. The highest BCUT2D eigenvalue weighted by atomic mass is 16.5. The van der Waals surface area contributed by atoms with E-state index >= 15 is 0 Å². The summed E-state index contributed by atoms with van der Waals surface area (Å²) in [6.45, 7) is 0.713. The van der Waals surface area contributed by atoms with Crippen molar-refractivity contribution in [3.63, 3.8) is 0 Å².